The number of nitrogens with one attached hydrogen (secondary N) is 1. The molecule has 4 aromatic rings. The van der Waals surface area contributed by atoms with Crippen LogP contribution in [-0.4, -0.2) is 29.5 Å². The number of aromatic amines is 1. The Morgan fingerprint density at radius 3 is 2.32 bits per heavy atom. The third kappa shape index (κ3) is 5.13. The smallest absolute Gasteiger partial charge is 0.269 e. The first-order valence-corrected chi connectivity index (χ1v) is 12.2. The van der Waals surface area contributed by atoms with Crippen molar-refractivity contribution in [1.82, 2.24) is 19.8 Å². The highest BCUT2D eigenvalue weighted by Crippen LogP contribution is 2.37. The van der Waals surface area contributed by atoms with E-state index in [1.807, 2.05) is 30.3 Å². The largest absolute Gasteiger partial charge is 0.278 e. The molecule has 0 saturated heterocycles. The summed E-state index contributed by atoms with van der Waals surface area (Å²) < 4.78 is 1.61. The molecule has 0 amide bonds. The van der Waals surface area contributed by atoms with E-state index in [0.29, 0.717) is 22.9 Å². The fraction of sp³-hybridized carbons (Fsp3) is 0.360. The van der Waals surface area contributed by atoms with E-state index in [2.05, 4.69) is 56.7 Å². The molecule has 0 aliphatic heterocycles. The summed E-state index contributed by atoms with van der Waals surface area (Å²) in [5.74, 6) is 0.583. The van der Waals surface area contributed by atoms with Gasteiger partial charge in [0.25, 0.3) is 5.69 Å². The van der Waals surface area contributed by atoms with Gasteiger partial charge in [0.2, 0.25) is 0 Å². The Bertz CT molecular complexity index is 1360. The number of nitro groups is 1. The summed E-state index contributed by atoms with van der Waals surface area (Å²) in [6, 6.07) is 13.1. The maximum absolute atomic E-state index is 11.3. The predicted octanol–water partition coefficient (Wildman–Crippen LogP) is 7.06. The van der Waals surface area contributed by atoms with E-state index >= 15 is 0 Å². The summed E-state index contributed by atoms with van der Waals surface area (Å²) in [5, 5.41) is 19.7. The molecule has 7 nitrogen and oxygen atoms in total. The molecule has 0 radical (unpaired) electrons. The summed E-state index contributed by atoms with van der Waals surface area (Å²) in [5.41, 5.74) is 4.33. The molecule has 2 heterocycles. The van der Waals surface area contributed by atoms with Crippen molar-refractivity contribution >= 4 is 34.7 Å². The molecule has 0 atom stereocenters. The molecule has 2 aromatic carbocycles. The summed E-state index contributed by atoms with van der Waals surface area (Å²) in [6.45, 7) is 12.6. The first-order chi connectivity index (χ1) is 15.8. The minimum absolute atomic E-state index is 0.00145. The average Bonchev–Trinajstić information content (AvgIpc) is 3.28. The van der Waals surface area contributed by atoms with Crippen LogP contribution >= 0.6 is 23.4 Å². The molecule has 0 spiro atoms. The fourth-order valence-corrected chi connectivity index (χ4v) is 5.16. The molecule has 4 rings (SSSR count). The van der Waals surface area contributed by atoms with Crippen LogP contribution in [0.1, 0.15) is 58.4 Å². The van der Waals surface area contributed by atoms with Crippen molar-refractivity contribution in [2.24, 2.45) is 0 Å². The zero-order chi connectivity index (χ0) is 24.8. The highest BCUT2D eigenvalue weighted by molar-refractivity contribution is 8.00. The van der Waals surface area contributed by atoms with Crippen molar-refractivity contribution in [3.05, 3.63) is 74.4 Å². The van der Waals surface area contributed by atoms with E-state index in [1.54, 1.807) is 28.5 Å². The third-order valence-electron chi connectivity index (χ3n) is 5.27. The number of aromatic nitrogens is 4. The Balaban J connectivity index is 1.61. The van der Waals surface area contributed by atoms with Gasteiger partial charge in [-0.1, -0.05) is 77.4 Å². The molecular weight excluding hydrogens is 470 g/mol. The second kappa shape index (κ2) is 8.74. The lowest BCUT2D eigenvalue weighted by Gasteiger charge is -2.20. The van der Waals surface area contributed by atoms with Gasteiger partial charge in [0.1, 0.15) is 5.02 Å². The number of hydrogen-bond donors (Lipinski definition) is 1. The average molecular weight is 498 g/mol. The van der Waals surface area contributed by atoms with Crippen LogP contribution in [0.3, 0.4) is 0 Å². The predicted molar refractivity (Wildman–Crippen MR) is 138 cm³/mol. The summed E-state index contributed by atoms with van der Waals surface area (Å²) in [4.78, 5) is 16.7. The lowest BCUT2D eigenvalue weighted by Crippen LogP contribution is -2.12. The minimum atomic E-state index is -0.347. The molecule has 0 fully saturated rings. The maximum Gasteiger partial charge on any atom is 0.269 e. The standard InChI is InChI=1S/C25H28ClN5O2S/c1-24(2,3)21-20(26)23-27-22(29-30(23)28-21)16-9-7-15(8-10-16)13-17-14-18(31(32)33)11-12-19(17)34-25(4,5)6/h7-12,14,28H,13H2,1-6H3. The molecule has 1 N–H and O–H groups in total. The van der Waals surface area contributed by atoms with E-state index in [1.165, 1.54) is 0 Å². The van der Waals surface area contributed by atoms with Gasteiger partial charge in [-0.15, -0.1) is 16.9 Å². The lowest BCUT2D eigenvalue weighted by atomic mass is 9.92. The van der Waals surface area contributed by atoms with Crippen molar-refractivity contribution in [3.63, 3.8) is 0 Å². The van der Waals surface area contributed by atoms with Crippen LogP contribution < -0.4 is 0 Å². The topological polar surface area (TPSA) is 89.1 Å². The molecule has 0 aliphatic rings. The monoisotopic (exact) mass is 497 g/mol. The Morgan fingerprint density at radius 2 is 1.76 bits per heavy atom. The molecule has 2 aromatic heterocycles. The zero-order valence-electron chi connectivity index (χ0n) is 20.1. The number of benzene rings is 2. The Kier molecular flexibility index (Phi) is 6.25. The SMILES string of the molecule is CC(C)(C)Sc1ccc([N+](=O)[O-])cc1Cc1ccc(-c2nc3c(Cl)c(C(C)(C)C)[nH]n3n2)cc1. The number of thioether (sulfide) groups is 1. The van der Waals surface area contributed by atoms with Crippen LogP contribution in [0.15, 0.2) is 47.4 Å². The number of hydrogen-bond acceptors (Lipinski definition) is 5. The van der Waals surface area contributed by atoms with Gasteiger partial charge in [0.15, 0.2) is 11.5 Å². The summed E-state index contributed by atoms with van der Waals surface area (Å²) in [7, 11) is 0. The Hall–Kier alpha value is -2.84. The number of nitro benzene ring substituents is 1. The number of rotatable bonds is 5. The summed E-state index contributed by atoms with van der Waals surface area (Å²) in [6.07, 6.45) is 0.596. The fourth-order valence-electron chi connectivity index (χ4n) is 3.66. The molecule has 9 heteroatoms. The number of non-ortho nitro benzene ring substituents is 1. The second-order valence-electron chi connectivity index (χ2n) is 10.4. The van der Waals surface area contributed by atoms with Gasteiger partial charge in [0, 0.05) is 32.8 Å². The van der Waals surface area contributed by atoms with Crippen LogP contribution in [0.5, 0.6) is 0 Å². The normalized spacial score (nSPS) is 12.4. The van der Waals surface area contributed by atoms with Crippen LogP contribution in [0.4, 0.5) is 5.69 Å². The first-order valence-electron chi connectivity index (χ1n) is 11.0. The van der Waals surface area contributed by atoms with E-state index in [4.69, 9.17) is 11.6 Å². The van der Waals surface area contributed by atoms with Gasteiger partial charge in [-0.3, -0.25) is 15.2 Å². The van der Waals surface area contributed by atoms with Crippen LogP contribution in [0.25, 0.3) is 17.0 Å². The molecule has 0 aliphatic carbocycles. The Labute approximate surface area is 208 Å². The molecule has 0 bridgehead atoms. The van der Waals surface area contributed by atoms with Crippen molar-refractivity contribution in [3.8, 4) is 11.4 Å². The Morgan fingerprint density at radius 1 is 1.09 bits per heavy atom. The number of fused-ring (bicyclic) bond motifs is 1. The summed E-state index contributed by atoms with van der Waals surface area (Å²) >= 11 is 8.26. The van der Waals surface area contributed by atoms with Gasteiger partial charge >= 0.3 is 0 Å². The van der Waals surface area contributed by atoms with Crippen molar-refractivity contribution in [2.75, 3.05) is 0 Å². The van der Waals surface area contributed by atoms with Gasteiger partial charge in [0.05, 0.1) is 10.6 Å². The molecule has 0 unspecified atom stereocenters. The highest BCUT2D eigenvalue weighted by atomic mass is 35.5. The number of H-pyrrole nitrogens is 1. The van der Waals surface area contributed by atoms with Gasteiger partial charge in [-0.05, 0) is 23.6 Å². The van der Waals surface area contributed by atoms with Crippen molar-refractivity contribution in [2.45, 2.75) is 63.0 Å². The van der Waals surface area contributed by atoms with Crippen molar-refractivity contribution < 1.29 is 4.92 Å². The van der Waals surface area contributed by atoms with E-state index in [0.717, 1.165) is 27.3 Å². The van der Waals surface area contributed by atoms with Crippen LogP contribution in [-0.2, 0) is 11.8 Å². The number of halogens is 1. The van der Waals surface area contributed by atoms with E-state index in [9.17, 15) is 10.1 Å². The maximum atomic E-state index is 11.3. The second-order valence-corrected chi connectivity index (χ2v) is 12.6. The van der Waals surface area contributed by atoms with E-state index in [-0.39, 0.29) is 20.8 Å². The number of nitrogens with zero attached hydrogens (tertiary/aromatic N) is 4. The molecule has 178 valence electrons. The zero-order valence-corrected chi connectivity index (χ0v) is 21.7. The lowest BCUT2D eigenvalue weighted by molar-refractivity contribution is -0.385. The minimum Gasteiger partial charge on any atom is -0.278 e. The quantitative estimate of drug-likeness (QED) is 0.181. The highest BCUT2D eigenvalue weighted by Gasteiger charge is 2.24. The molecule has 0 saturated carbocycles. The van der Waals surface area contributed by atoms with Crippen LogP contribution in [0.2, 0.25) is 5.02 Å². The van der Waals surface area contributed by atoms with Crippen LogP contribution in [0, 0.1) is 10.1 Å². The molecule has 34 heavy (non-hydrogen) atoms. The van der Waals surface area contributed by atoms with Gasteiger partial charge < -0.3 is 0 Å². The first kappa shape index (κ1) is 24.3. The van der Waals surface area contributed by atoms with Gasteiger partial charge in [-0.2, -0.15) is 4.63 Å². The van der Waals surface area contributed by atoms with Gasteiger partial charge in [-0.25, -0.2) is 4.98 Å². The molecular formula is C25H28ClN5O2S. The third-order valence-corrected chi connectivity index (χ3v) is 6.86. The van der Waals surface area contributed by atoms with Crippen molar-refractivity contribution in [1.29, 1.82) is 0 Å². The van der Waals surface area contributed by atoms with E-state index < -0.39 is 0 Å².